The lowest BCUT2D eigenvalue weighted by Crippen LogP contribution is -2.29. The van der Waals surface area contributed by atoms with Gasteiger partial charge in [0.1, 0.15) is 0 Å². The molecule has 17 heavy (non-hydrogen) atoms. The Morgan fingerprint density at radius 1 is 1.59 bits per heavy atom. The van der Waals surface area contributed by atoms with E-state index in [4.69, 9.17) is 5.73 Å². The standard InChI is InChI=1S/C13H17BrN2O/c1-8-10(14)3-2-4-12(8)16-13(17)7-11(15)9-5-6-9/h2-4,9,11H,5-7,15H2,1H3,(H,16,17). The molecule has 0 aromatic heterocycles. The van der Waals surface area contributed by atoms with Crippen LogP contribution in [0.4, 0.5) is 5.69 Å². The van der Waals surface area contributed by atoms with Gasteiger partial charge in [-0.2, -0.15) is 0 Å². The number of nitrogens with one attached hydrogen (secondary N) is 1. The molecule has 1 aromatic rings. The lowest BCUT2D eigenvalue weighted by Gasteiger charge is -2.12. The van der Waals surface area contributed by atoms with Crippen molar-refractivity contribution in [2.45, 2.75) is 32.2 Å². The average molecular weight is 297 g/mol. The number of benzene rings is 1. The quantitative estimate of drug-likeness (QED) is 0.898. The molecule has 1 unspecified atom stereocenters. The lowest BCUT2D eigenvalue weighted by atomic mass is 10.1. The van der Waals surface area contributed by atoms with Crippen LogP contribution in [0.3, 0.4) is 0 Å². The van der Waals surface area contributed by atoms with Crippen LogP contribution in [-0.4, -0.2) is 11.9 Å². The molecule has 1 amide bonds. The van der Waals surface area contributed by atoms with Crippen LogP contribution in [0.15, 0.2) is 22.7 Å². The van der Waals surface area contributed by atoms with Crippen LogP contribution in [0.25, 0.3) is 0 Å². The Balaban J connectivity index is 1.95. The summed E-state index contributed by atoms with van der Waals surface area (Å²) in [6, 6.07) is 5.79. The summed E-state index contributed by atoms with van der Waals surface area (Å²) in [6.45, 7) is 1.97. The van der Waals surface area contributed by atoms with E-state index in [2.05, 4.69) is 21.2 Å². The molecule has 0 bridgehead atoms. The van der Waals surface area contributed by atoms with E-state index < -0.39 is 0 Å². The molecule has 1 saturated carbocycles. The van der Waals surface area contributed by atoms with Crippen molar-refractivity contribution >= 4 is 27.5 Å². The zero-order valence-electron chi connectivity index (χ0n) is 9.87. The van der Waals surface area contributed by atoms with E-state index in [1.54, 1.807) is 0 Å². The SMILES string of the molecule is Cc1c(Br)cccc1NC(=O)CC(N)C1CC1. The van der Waals surface area contributed by atoms with Gasteiger partial charge in [0.2, 0.25) is 5.91 Å². The van der Waals surface area contributed by atoms with Crippen LogP contribution < -0.4 is 11.1 Å². The predicted molar refractivity (Wildman–Crippen MR) is 72.8 cm³/mol. The Morgan fingerprint density at radius 3 is 2.94 bits per heavy atom. The zero-order valence-corrected chi connectivity index (χ0v) is 11.5. The Bertz CT molecular complexity index is 429. The lowest BCUT2D eigenvalue weighted by molar-refractivity contribution is -0.116. The molecule has 3 nitrogen and oxygen atoms in total. The fourth-order valence-corrected chi connectivity index (χ4v) is 2.22. The molecule has 0 saturated heterocycles. The first-order valence-corrected chi connectivity index (χ1v) is 6.68. The largest absolute Gasteiger partial charge is 0.327 e. The summed E-state index contributed by atoms with van der Waals surface area (Å²) >= 11 is 3.44. The summed E-state index contributed by atoms with van der Waals surface area (Å²) in [5.74, 6) is 0.565. The highest BCUT2D eigenvalue weighted by molar-refractivity contribution is 9.10. The number of hydrogen-bond donors (Lipinski definition) is 2. The second kappa shape index (κ2) is 5.19. The molecule has 4 heteroatoms. The fourth-order valence-electron chi connectivity index (χ4n) is 1.85. The van der Waals surface area contributed by atoms with Gasteiger partial charge in [-0.15, -0.1) is 0 Å². The molecule has 0 heterocycles. The number of halogens is 1. The van der Waals surface area contributed by atoms with Gasteiger partial charge in [-0.25, -0.2) is 0 Å². The van der Waals surface area contributed by atoms with E-state index in [0.717, 1.165) is 15.7 Å². The van der Waals surface area contributed by atoms with Crippen molar-refractivity contribution in [3.63, 3.8) is 0 Å². The molecule has 92 valence electrons. The third-order valence-electron chi connectivity index (χ3n) is 3.19. The van der Waals surface area contributed by atoms with Crippen molar-refractivity contribution in [2.75, 3.05) is 5.32 Å². The summed E-state index contributed by atoms with van der Waals surface area (Å²) in [4.78, 5) is 11.8. The van der Waals surface area contributed by atoms with Gasteiger partial charge in [-0.3, -0.25) is 4.79 Å². The predicted octanol–water partition coefficient (Wildman–Crippen LogP) is 2.82. The maximum absolute atomic E-state index is 11.8. The van der Waals surface area contributed by atoms with E-state index in [-0.39, 0.29) is 11.9 Å². The van der Waals surface area contributed by atoms with Crippen LogP contribution in [0.5, 0.6) is 0 Å². The highest BCUT2D eigenvalue weighted by atomic mass is 79.9. The highest BCUT2D eigenvalue weighted by Gasteiger charge is 2.29. The first kappa shape index (κ1) is 12.6. The third-order valence-corrected chi connectivity index (χ3v) is 4.05. The number of nitrogens with two attached hydrogens (primary N) is 1. The number of carbonyl (C=O) groups is 1. The number of anilines is 1. The van der Waals surface area contributed by atoms with Crippen molar-refractivity contribution in [1.29, 1.82) is 0 Å². The molecular weight excluding hydrogens is 280 g/mol. The maximum atomic E-state index is 11.8. The number of carbonyl (C=O) groups excluding carboxylic acids is 1. The van der Waals surface area contributed by atoms with E-state index in [1.807, 2.05) is 25.1 Å². The molecule has 1 fully saturated rings. The molecule has 0 spiro atoms. The summed E-state index contributed by atoms with van der Waals surface area (Å²) in [5, 5.41) is 2.92. The minimum atomic E-state index is 0.00519. The summed E-state index contributed by atoms with van der Waals surface area (Å²) in [7, 11) is 0. The summed E-state index contributed by atoms with van der Waals surface area (Å²) in [6.07, 6.45) is 2.76. The van der Waals surface area contributed by atoms with E-state index in [1.165, 1.54) is 12.8 Å². The molecule has 1 atom stereocenters. The van der Waals surface area contributed by atoms with Crippen LogP contribution in [-0.2, 0) is 4.79 Å². The van der Waals surface area contributed by atoms with Crippen molar-refractivity contribution in [1.82, 2.24) is 0 Å². The summed E-state index contributed by atoms with van der Waals surface area (Å²) < 4.78 is 1.00. The Morgan fingerprint density at radius 2 is 2.29 bits per heavy atom. The number of hydrogen-bond acceptors (Lipinski definition) is 2. The van der Waals surface area contributed by atoms with Crippen molar-refractivity contribution < 1.29 is 4.79 Å². The Labute approximate surface area is 110 Å². The van der Waals surface area contributed by atoms with Crippen molar-refractivity contribution in [2.24, 2.45) is 11.7 Å². The van der Waals surface area contributed by atoms with Gasteiger partial charge in [0.15, 0.2) is 0 Å². The van der Waals surface area contributed by atoms with E-state index >= 15 is 0 Å². The van der Waals surface area contributed by atoms with Gasteiger partial charge in [-0.1, -0.05) is 22.0 Å². The Kier molecular flexibility index (Phi) is 3.84. The van der Waals surface area contributed by atoms with Crippen LogP contribution in [0, 0.1) is 12.8 Å². The molecule has 1 aliphatic rings. The molecule has 0 aliphatic heterocycles. The first-order valence-electron chi connectivity index (χ1n) is 5.88. The molecule has 2 rings (SSSR count). The smallest absolute Gasteiger partial charge is 0.225 e. The van der Waals surface area contributed by atoms with Gasteiger partial charge in [0, 0.05) is 22.6 Å². The van der Waals surface area contributed by atoms with Gasteiger partial charge < -0.3 is 11.1 Å². The van der Waals surface area contributed by atoms with Gasteiger partial charge in [0.25, 0.3) is 0 Å². The first-order chi connectivity index (χ1) is 8.08. The second-order valence-electron chi connectivity index (χ2n) is 4.67. The van der Waals surface area contributed by atoms with Gasteiger partial charge in [0.05, 0.1) is 0 Å². The Hall–Kier alpha value is -0.870. The molecule has 1 aliphatic carbocycles. The number of rotatable bonds is 4. The van der Waals surface area contributed by atoms with Gasteiger partial charge >= 0.3 is 0 Å². The van der Waals surface area contributed by atoms with Crippen molar-refractivity contribution in [3.8, 4) is 0 Å². The zero-order chi connectivity index (χ0) is 12.4. The number of amides is 1. The summed E-state index contributed by atoms with van der Waals surface area (Å²) in [5.41, 5.74) is 7.83. The normalized spacial score (nSPS) is 16.6. The molecule has 3 N–H and O–H groups in total. The molecule has 1 aromatic carbocycles. The molecular formula is C13H17BrN2O. The van der Waals surface area contributed by atoms with Crippen LogP contribution >= 0.6 is 15.9 Å². The maximum Gasteiger partial charge on any atom is 0.225 e. The third kappa shape index (κ3) is 3.30. The van der Waals surface area contributed by atoms with Crippen LogP contribution in [0.2, 0.25) is 0 Å². The minimum absolute atomic E-state index is 0.00519. The van der Waals surface area contributed by atoms with E-state index in [0.29, 0.717) is 12.3 Å². The van der Waals surface area contributed by atoms with E-state index in [9.17, 15) is 4.79 Å². The van der Waals surface area contributed by atoms with Crippen LogP contribution in [0.1, 0.15) is 24.8 Å². The minimum Gasteiger partial charge on any atom is -0.327 e. The van der Waals surface area contributed by atoms with Gasteiger partial charge in [-0.05, 0) is 43.4 Å². The van der Waals surface area contributed by atoms with Crippen molar-refractivity contribution in [3.05, 3.63) is 28.2 Å². The molecule has 0 radical (unpaired) electrons. The average Bonchev–Trinajstić information content (AvgIpc) is 3.08. The highest BCUT2D eigenvalue weighted by Crippen LogP contribution is 2.33. The fraction of sp³-hybridized carbons (Fsp3) is 0.462. The monoisotopic (exact) mass is 296 g/mol. The topological polar surface area (TPSA) is 55.1 Å². The second-order valence-corrected chi connectivity index (χ2v) is 5.52.